The van der Waals surface area contributed by atoms with Gasteiger partial charge in [-0.1, -0.05) is 12.1 Å². The number of benzene rings is 1. The van der Waals surface area contributed by atoms with Crippen LogP contribution in [0, 0.1) is 5.21 Å². The normalized spacial score (nSPS) is 26.0. The maximum Gasteiger partial charge on any atom is 0.238 e. The molecule has 1 aromatic rings. The van der Waals surface area contributed by atoms with E-state index in [0.29, 0.717) is 29.5 Å². The highest BCUT2D eigenvalue weighted by Gasteiger charge is 2.38. The van der Waals surface area contributed by atoms with Crippen LogP contribution in [0.4, 0.5) is 11.4 Å². The third-order valence-electron chi connectivity index (χ3n) is 4.76. The van der Waals surface area contributed by atoms with E-state index in [1.54, 1.807) is 0 Å². The van der Waals surface area contributed by atoms with E-state index in [4.69, 9.17) is 4.99 Å². The van der Waals surface area contributed by atoms with Gasteiger partial charge in [0.2, 0.25) is 5.84 Å². The molecule has 3 aliphatic heterocycles. The van der Waals surface area contributed by atoms with E-state index in [1.807, 2.05) is 44.3 Å². The maximum atomic E-state index is 13.5. The zero-order valence-corrected chi connectivity index (χ0v) is 14.6. The SMILES string of the molecule is CC1=CC2=C(Nc3ccccc3N=C2[N+]2([O-])CCN(C)CC2)S1=O. The quantitative estimate of drug-likeness (QED) is 0.579. The van der Waals surface area contributed by atoms with E-state index >= 15 is 0 Å². The van der Waals surface area contributed by atoms with Crippen molar-refractivity contribution in [2.75, 3.05) is 38.5 Å². The molecule has 1 fully saturated rings. The van der Waals surface area contributed by atoms with Gasteiger partial charge in [0.05, 0.1) is 40.8 Å². The van der Waals surface area contributed by atoms with Gasteiger partial charge in [-0.3, -0.25) is 4.90 Å². The average molecular weight is 344 g/mol. The number of para-hydroxylation sites is 2. The third kappa shape index (κ3) is 2.44. The first-order valence-electron chi connectivity index (χ1n) is 8.05. The Morgan fingerprint density at radius 1 is 1.29 bits per heavy atom. The van der Waals surface area contributed by atoms with Gasteiger partial charge in [-0.05, 0) is 32.2 Å². The molecule has 0 aromatic heterocycles. The minimum absolute atomic E-state index is 0.452. The van der Waals surface area contributed by atoms with Crippen molar-refractivity contribution in [3.63, 3.8) is 0 Å². The third-order valence-corrected chi connectivity index (χ3v) is 6.16. The van der Waals surface area contributed by atoms with Crippen LogP contribution in [0.2, 0.25) is 0 Å². The van der Waals surface area contributed by atoms with E-state index in [9.17, 15) is 9.42 Å². The predicted octanol–water partition coefficient (Wildman–Crippen LogP) is 2.28. The van der Waals surface area contributed by atoms with Gasteiger partial charge in [0.15, 0.2) is 0 Å². The summed E-state index contributed by atoms with van der Waals surface area (Å²) in [5.74, 6) is 0.473. The average Bonchev–Trinajstić information content (AvgIpc) is 2.76. The number of rotatable bonds is 0. The van der Waals surface area contributed by atoms with Crippen LogP contribution >= 0.6 is 0 Å². The first-order valence-corrected chi connectivity index (χ1v) is 9.19. The van der Waals surface area contributed by atoms with Crippen LogP contribution in [0.5, 0.6) is 0 Å². The molecule has 0 bridgehead atoms. The number of nitrogens with zero attached hydrogens (tertiary/aromatic N) is 3. The van der Waals surface area contributed by atoms with Crippen LogP contribution < -0.4 is 5.32 Å². The van der Waals surface area contributed by atoms with Crippen LogP contribution in [0.3, 0.4) is 0 Å². The molecular weight excluding hydrogens is 324 g/mol. The Labute approximate surface area is 143 Å². The van der Waals surface area contributed by atoms with E-state index in [2.05, 4.69) is 10.2 Å². The van der Waals surface area contributed by atoms with Crippen molar-refractivity contribution < 1.29 is 8.86 Å². The lowest BCUT2D eigenvalue weighted by molar-refractivity contribution is -0.794. The number of anilines is 1. The van der Waals surface area contributed by atoms with E-state index < -0.39 is 15.4 Å². The molecule has 7 heteroatoms. The molecule has 1 saturated heterocycles. The van der Waals surface area contributed by atoms with Crippen molar-refractivity contribution >= 4 is 28.0 Å². The number of piperazine rings is 1. The molecule has 4 rings (SSSR count). The van der Waals surface area contributed by atoms with Crippen molar-refractivity contribution in [2.45, 2.75) is 6.92 Å². The fourth-order valence-corrected chi connectivity index (χ4v) is 4.35. The van der Waals surface area contributed by atoms with Gasteiger partial charge in [0, 0.05) is 18.0 Å². The summed E-state index contributed by atoms with van der Waals surface area (Å²) in [7, 11) is 0.759. The molecular formula is C17H20N4O2S. The smallest absolute Gasteiger partial charge is 0.238 e. The van der Waals surface area contributed by atoms with Gasteiger partial charge in [-0.25, -0.2) is 4.21 Å². The van der Waals surface area contributed by atoms with Crippen LogP contribution in [-0.2, 0) is 10.8 Å². The molecule has 126 valence electrons. The molecule has 1 N–H and O–H groups in total. The largest absolute Gasteiger partial charge is 0.626 e. The zero-order valence-electron chi connectivity index (χ0n) is 13.8. The summed E-state index contributed by atoms with van der Waals surface area (Å²) in [6.45, 7) is 4.19. The van der Waals surface area contributed by atoms with Crippen LogP contribution in [0.15, 0.2) is 50.8 Å². The molecule has 3 heterocycles. The molecule has 0 aliphatic carbocycles. The minimum atomic E-state index is -1.26. The second kappa shape index (κ2) is 5.63. The number of quaternary nitrogens is 1. The van der Waals surface area contributed by atoms with Crippen LogP contribution in [0.1, 0.15) is 6.92 Å². The van der Waals surface area contributed by atoms with Crippen molar-refractivity contribution in [3.8, 4) is 0 Å². The number of hydrogen-bond acceptors (Lipinski definition) is 5. The first-order chi connectivity index (χ1) is 11.5. The Kier molecular flexibility index (Phi) is 3.69. The number of aliphatic imine (C=N–C) groups is 1. The molecule has 0 radical (unpaired) electrons. The summed E-state index contributed by atoms with van der Waals surface area (Å²) in [5, 5.41) is 17.4. The molecule has 1 aromatic carbocycles. The number of fused-ring (bicyclic) bond motifs is 1. The maximum absolute atomic E-state index is 13.5. The van der Waals surface area contributed by atoms with Gasteiger partial charge in [-0.2, -0.15) is 4.99 Å². The summed E-state index contributed by atoms with van der Waals surface area (Å²) in [5.41, 5.74) is 2.20. The van der Waals surface area contributed by atoms with Gasteiger partial charge in [-0.15, -0.1) is 0 Å². The predicted molar refractivity (Wildman–Crippen MR) is 96.9 cm³/mol. The number of amidine groups is 1. The topological polar surface area (TPSA) is 67.8 Å². The Morgan fingerprint density at radius 3 is 2.75 bits per heavy atom. The summed E-state index contributed by atoms with van der Waals surface area (Å²) < 4.78 is 12.2. The Bertz CT molecular complexity index is 820. The number of likely N-dealkylation sites (N-methyl/N-ethyl adjacent to an activating group) is 1. The molecule has 0 saturated carbocycles. The fourth-order valence-electron chi connectivity index (χ4n) is 3.25. The van der Waals surface area contributed by atoms with Crippen molar-refractivity contribution in [3.05, 3.63) is 51.1 Å². The summed E-state index contributed by atoms with van der Waals surface area (Å²) >= 11 is 0. The monoisotopic (exact) mass is 344 g/mol. The standard InChI is InChI=1S/C17H20N4O2S/c1-12-11-13-16(21(22)9-7-20(2)8-10-21)18-14-5-3-4-6-15(14)19-17(13)24(12)23/h3-6,11,19H,7-10H2,1-2H3. The second-order valence-electron chi connectivity index (χ2n) is 6.48. The summed E-state index contributed by atoms with van der Waals surface area (Å²) in [6.07, 6.45) is 1.85. The van der Waals surface area contributed by atoms with Crippen molar-refractivity contribution in [2.24, 2.45) is 4.99 Å². The van der Waals surface area contributed by atoms with Gasteiger partial charge >= 0.3 is 0 Å². The Balaban J connectivity index is 1.88. The lowest BCUT2D eigenvalue weighted by Gasteiger charge is -2.47. The molecule has 24 heavy (non-hydrogen) atoms. The van der Waals surface area contributed by atoms with Gasteiger partial charge in [0.1, 0.15) is 5.03 Å². The number of hydroxylamine groups is 3. The lowest BCUT2D eigenvalue weighted by atomic mass is 10.2. The molecule has 0 spiro atoms. The first kappa shape index (κ1) is 15.7. The number of hydrogen-bond donors (Lipinski definition) is 1. The highest BCUT2D eigenvalue weighted by atomic mass is 32.2. The molecule has 6 nitrogen and oxygen atoms in total. The van der Waals surface area contributed by atoms with Crippen molar-refractivity contribution in [1.29, 1.82) is 0 Å². The Hall–Kier alpha value is -1.80. The fraction of sp³-hybridized carbons (Fsp3) is 0.353. The molecule has 3 aliphatic rings. The van der Waals surface area contributed by atoms with Crippen LogP contribution in [-0.4, -0.2) is 52.8 Å². The van der Waals surface area contributed by atoms with E-state index in [1.165, 1.54) is 0 Å². The van der Waals surface area contributed by atoms with E-state index in [-0.39, 0.29) is 0 Å². The van der Waals surface area contributed by atoms with Gasteiger partial charge in [0.25, 0.3) is 0 Å². The minimum Gasteiger partial charge on any atom is -0.626 e. The van der Waals surface area contributed by atoms with Gasteiger partial charge < -0.3 is 15.2 Å². The number of allylic oxidation sites excluding steroid dienone is 1. The van der Waals surface area contributed by atoms with Crippen LogP contribution in [0.25, 0.3) is 0 Å². The Morgan fingerprint density at radius 2 is 2.00 bits per heavy atom. The zero-order chi connectivity index (χ0) is 16.9. The highest BCUT2D eigenvalue weighted by molar-refractivity contribution is 7.93. The van der Waals surface area contributed by atoms with E-state index in [0.717, 1.165) is 29.4 Å². The summed E-state index contributed by atoms with van der Waals surface area (Å²) in [4.78, 5) is 7.63. The second-order valence-corrected chi connectivity index (χ2v) is 8.07. The summed E-state index contributed by atoms with van der Waals surface area (Å²) in [6, 6.07) is 7.58. The molecule has 0 amide bonds. The molecule has 1 atom stereocenters. The highest BCUT2D eigenvalue weighted by Crippen LogP contribution is 2.38. The lowest BCUT2D eigenvalue weighted by Crippen LogP contribution is -2.58. The number of nitrogens with one attached hydrogen (secondary N) is 1. The molecule has 1 unspecified atom stereocenters. The van der Waals surface area contributed by atoms with Crippen molar-refractivity contribution in [1.82, 2.24) is 4.90 Å².